The van der Waals surface area contributed by atoms with Crippen LogP contribution in [0.1, 0.15) is 12.0 Å². The average Bonchev–Trinajstić information content (AvgIpc) is 2.33. The minimum atomic E-state index is 0.212. The molecule has 0 unspecified atom stereocenters. The van der Waals surface area contributed by atoms with Gasteiger partial charge in [0.1, 0.15) is 0 Å². The van der Waals surface area contributed by atoms with Gasteiger partial charge in [-0.25, -0.2) is 0 Å². The zero-order valence-electron chi connectivity index (χ0n) is 9.23. The van der Waals surface area contributed by atoms with Crippen LogP contribution in [0.15, 0.2) is 36.4 Å². The normalized spacial score (nSPS) is 15.3. The zero-order chi connectivity index (χ0) is 11.1. The third-order valence-electron chi connectivity index (χ3n) is 3.30. The molecule has 16 heavy (non-hydrogen) atoms. The quantitative estimate of drug-likeness (QED) is 0.656. The Morgan fingerprint density at radius 3 is 2.75 bits per heavy atom. The zero-order valence-corrected chi connectivity index (χ0v) is 9.23. The number of benzene rings is 2. The van der Waals surface area contributed by atoms with Crippen molar-refractivity contribution in [2.45, 2.75) is 12.8 Å². The van der Waals surface area contributed by atoms with E-state index in [-0.39, 0.29) is 5.91 Å². The van der Waals surface area contributed by atoms with Crippen molar-refractivity contribution in [3.63, 3.8) is 0 Å². The lowest BCUT2D eigenvalue weighted by Crippen LogP contribution is -2.31. The summed E-state index contributed by atoms with van der Waals surface area (Å²) in [6.07, 6.45) is 1.49. The van der Waals surface area contributed by atoms with Gasteiger partial charge in [-0.2, -0.15) is 0 Å². The van der Waals surface area contributed by atoms with Crippen molar-refractivity contribution in [1.29, 1.82) is 0 Å². The van der Waals surface area contributed by atoms with Gasteiger partial charge in [0.15, 0.2) is 0 Å². The Morgan fingerprint density at radius 2 is 1.88 bits per heavy atom. The van der Waals surface area contributed by atoms with E-state index in [1.807, 2.05) is 19.2 Å². The smallest absolute Gasteiger partial charge is 0.227 e. The van der Waals surface area contributed by atoms with Crippen LogP contribution < -0.4 is 4.90 Å². The van der Waals surface area contributed by atoms with Crippen molar-refractivity contribution in [2.24, 2.45) is 0 Å². The van der Waals surface area contributed by atoms with Crippen molar-refractivity contribution < 1.29 is 4.79 Å². The van der Waals surface area contributed by atoms with Crippen molar-refractivity contribution >= 4 is 22.4 Å². The van der Waals surface area contributed by atoms with Gasteiger partial charge in [-0.3, -0.25) is 4.79 Å². The lowest BCUT2D eigenvalue weighted by Gasteiger charge is -2.27. The molecule has 0 fully saturated rings. The van der Waals surface area contributed by atoms with Gasteiger partial charge in [-0.15, -0.1) is 0 Å². The number of amides is 1. The number of hydrogen-bond acceptors (Lipinski definition) is 1. The molecule has 1 aliphatic rings. The summed E-state index contributed by atoms with van der Waals surface area (Å²) in [6, 6.07) is 12.5. The Kier molecular flexibility index (Phi) is 1.96. The Balaban J connectivity index is 2.36. The molecule has 2 aromatic rings. The molecule has 0 radical (unpaired) electrons. The summed E-state index contributed by atoms with van der Waals surface area (Å²) in [5.41, 5.74) is 2.37. The Bertz CT molecular complexity index is 574. The topological polar surface area (TPSA) is 20.3 Å². The van der Waals surface area contributed by atoms with Crippen LogP contribution in [-0.4, -0.2) is 13.0 Å². The molecular weight excluding hydrogens is 198 g/mol. The van der Waals surface area contributed by atoms with Gasteiger partial charge in [0.2, 0.25) is 5.91 Å². The predicted octanol–water partition coefficient (Wildman–Crippen LogP) is 2.75. The SMILES string of the molecule is CN1C(=O)CCc2ccc3ccccc3c21. The van der Waals surface area contributed by atoms with Crippen LogP contribution in [0.5, 0.6) is 0 Å². The number of carbonyl (C=O) groups is 1. The second kappa shape index (κ2) is 3.34. The molecule has 0 N–H and O–H groups in total. The van der Waals surface area contributed by atoms with E-state index in [1.165, 1.54) is 16.3 Å². The van der Waals surface area contributed by atoms with Gasteiger partial charge < -0.3 is 4.90 Å². The van der Waals surface area contributed by atoms with Crippen molar-refractivity contribution in [1.82, 2.24) is 0 Å². The first-order valence-corrected chi connectivity index (χ1v) is 5.54. The molecule has 0 saturated carbocycles. The van der Waals surface area contributed by atoms with Gasteiger partial charge in [-0.05, 0) is 17.4 Å². The van der Waals surface area contributed by atoms with E-state index in [1.54, 1.807) is 4.90 Å². The van der Waals surface area contributed by atoms with Crippen molar-refractivity contribution in [3.05, 3.63) is 42.0 Å². The number of carbonyl (C=O) groups excluding carboxylic acids is 1. The molecular formula is C14H13NO. The summed E-state index contributed by atoms with van der Waals surface area (Å²) < 4.78 is 0. The lowest BCUT2D eigenvalue weighted by molar-refractivity contribution is -0.118. The molecule has 80 valence electrons. The molecule has 1 aliphatic heterocycles. The second-order valence-electron chi connectivity index (χ2n) is 4.25. The summed E-state index contributed by atoms with van der Waals surface area (Å²) in [7, 11) is 1.87. The van der Waals surface area contributed by atoms with Crippen molar-refractivity contribution in [3.8, 4) is 0 Å². The Hall–Kier alpha value is -1.83. The molecule has 0 saturated heterocycles. The van der Waals surface area contributed by atoms with Gasteiger partial charge in [0.05, 0.1) is 5.69 Å². The molecule has 1 amide bonds. The summed E-state index contributed by atoms with van der Waals surface area (Å²) in [6.45, 7) is 0. The van der Waals surface area contributed by atoms with E-state index in [2.05, 4.69) is 24.3 Å². The van der Waals surface area contributed by atoms with E-state index in [0.29, 0.717) is 6.42 Å². The lowest BCUT2D eigenvalue weighted by atomic mass is 9.96. The average molecular weight is 211 g/mol. The molecule has 0 aliphatic carbocycles. The highest BCUT2D eigenvalue weighted by Crippen LogP contribution is 2.34. The minimum absolute atomic E-state index is 0.212. The first-order valence-electron chi connectivity index (χ1n) is 5.54. The maximum atomic E-state index is 11.7. The summed E-state index contributed by atoms with van der Waals surface area (Å²) in [5, 5.41) is 2.37. The van der Waals surface area contributed by atoms with E-state index in [9.17, 15) is 4.79 Å². The number of hydrogen-bond donors (Lipinski definition) is 0. The fourth-order valence-corrected chi connectivity index (χ4v) is 2.43. The first kappa shape index (κ1) is 9.40. The fraction of sp³-hybridized carbons (Fsp3) is 0.214. The number of aryl methyl sites for hydroxylation is 1. The van der Waals surface area contributed by atoms with Crippen LogP contribution in [0.3, 0.4) is 0 Å². The highest BCUT2D eigenvalue weighted by atomic mass is 16.2. The van der Waals surface area contributed by atoms with E-state index >= 15 is 0 Å². The molecule has 2 nitrogen and oxygen atoms in total. The van der Waals surface area contributed by atoms with Crippen molar-refractivity contribution in [2.75, 3.05) is 11.9 Å². The number of fused-ring (bicyclic) bond motifs is 3. The Morgan fingerprint density at radius 1 is 1.06 bits per heavy atom. The molecule has 0 atom stereocenters. The van der Waals surface area contributed by atoms with Gasteiger partial charge in [0.25, 0.3) is 0 Å². The van der Waals surface area contributed by atoms with E-state index < -0.39 is 0 Å². The number of rotatable bonds is 0. The summed E-state index contributed by atoms with van der Waals surface area (Å²) >= 11 is 0. The van der Waals surface area contributed by atoms with Gasteiger partial charge >= 0.3 is 0 Å². The molecule has 2 heteroatoms. The minimum Gasteiger partial charge on any atom is -0.315 e. The predicted molar refractivity (Wildman–Crippen MR) is 65.7 cm³/mol. The molecule has 2 aromatic carbocycles. The van der Waals surface area contributed by atoms with Gasteiger partial charge in [0, 0.05) is 18.9 Å². The number of anilines is 1. The first-order chi connectivity index (χ1) is 7.77. The molecule has 3 rings (SSSR count). The molecule has 0 aromatic heterocycles. The second-order valence-corrected chi connectivity index (χ2v) is 4.25. The summed E-state index contributed by atoms with van der Waals surface area (Å²) in [5.74, 6) is 0.212. The highest BCUT2D eigenvalue weighted by molar-refractivity contribution is 6.06. The van der Waals surface area contributed by atoms with Crippen LogP contribution in [0.2, 0.25) is 0 Å². The maximum absolute atomic E-state index is 11.7. The van der Waals surface area contributed by atoms with Gasteiger partial charge in [-0.1, -0.05) is 36.4 Å². The van der Waals surface area contributed by atoms with Crippen LogP contribution in [0, 0.1) is 0 Å². The molecule has 0 spiro atoms. The molecule has 1 heterocycles. The van der Waals surface area contributed by atoms with E-state index in [0.717, 1.165) is 12.1 Å². The maximum Gasteiger partial charge on any atom is 0.227 e. The van der Waals surface area contributed by atoms with Crippen LogP contribution in [0.25, 0.3) is 10.8 Å². The monoisotopic (exact) mass is 211 g/mol. The standard InChI is InChI=1S/C14H13NO/c1-15-13(16)9-8-11-7-6-10-4-2-3-5-12(10)14(11)15/h2-7H,8-9H2,1H3. The Labute approximate surface area is 94.5 Å². The largest absolute Gasteiger partial charge is 0.315 e. The fourth-order valence-electron chi connectivity index (χ4n) is 2.43. The summed E-state index contributed by atoms with van der Waals surface area (Å²) in [4.78, 5) is 13.5. The third-order valence-corrected chi connectivity index (χ3v) is 3.30. The number of nitrogens with zero attached hydrogens (tertiary/aromatic N) is 1. The van der Waals surface area contributed by atoms with Crippen LogP contribution in [-0.2, 0) is 11.2 Å². The molecule has 0 bridgehead atoms. The van der Waals surface area contributed by atoms with Crippen LogP contribution >= 0.6 is 0 Å². The van der Waals surface area contributed by atoms with E-state index in [4.69, 9.17) is 0 Å². The highest BCUT2D eigenvalue weighted by Gasteiger charge is 2.22. The third kappa shape index (κ3) is 1.23. The van der Waals surface area contributed by atoms with Crippen LogP contribution in [0.4, 0.5) is 5.69 Å².